The third-order valence-corrected chi connectivity index (χ3v) is 4.02. The van der Waals surface area contributed by atoms with E-state index in [2.05, 4.69) is 38.0 Å². The molecule has 17 heavy (non-hydrogen) atoms. The Labute approximate surface area is 107 Å². The van der Waals surface area contributed by atoms with Crippen LogP contribution >= 0.6 is 0 Å². The second-order valence-corrected chi connectivity index (χ2v) is 5.48. The Hall–Kier alpha value is -0.120. The van der Waals surface area contributed by atoms with Crippen LogP contribution in [0.15, 0.2) is 0 Å². The van der Waals surface area contributed by atoms with Crippen molar-refractivity contribution in [1.82, 2.24) is 10.2 Å². The van der Waals surface area contributed by atoms with Crippen molar-refractivity contribution in [3.63, 3.8) is 0 Å². The first-order chi connectivity index (χ1) is 8.15. The summed E-state index contributed by atoms with van der Waals surface area (Å²) in [6.45, 7) is 11.1. The minimum Gasteiger partial charge on any atom is -0.381 e. The normalized spacial score (nSPS) is 21.7. The van der Waals surface area contributed by atoms with Crippen LogP contribution < -0.4 is 5.32 Å². The molecule has 1 rings (SSSR count). The lowest BCUT2D eigenvalue weighted by molar-refractivity contribution is 0.0492. The monoisotopic (exact) mass is 242 g/mol. The lowest BCUT2D eigenvalue weighted by Crippen LogP contribution is -2.47. The molecular weight excluding hydrogens is 212 g/mol. The molecule has 1 aliphatic heterocycles. The van der Waals surface area contributed by atoms with Crippen LogP contribution in [-0.4, -0.2) is 50.3 Å². The number of ether oxygens (including phenoxy) is 1. The maximum atomic E-state index is 5.41. The van der Waals surface area contributed by atoms with Crippen LogP contribution in [0.25, 0.3) is 0 Å². The molecule has 0 radical (unpaired) electrons. The molecule has 1 saturated heterocycles. The van der Waals surface area contributed by atoms with Gasteiger partial charge in [-0.3, -0.25) is 0 Å². The molecule has 3 nitrogen and oxygen atoms in total. The van der Waals surface area contributed by atoms with E-state index in [4.69, 9.17) is 4.74 Å². The number of likely N-dealkylation sites (N-methyl/N-ethyl adjacent to an activating group) is 1. The van der Waals surface area contributed by atoms with Gasteiger partial charge in [0.25, 0.3) is 0 Å². The van der Waals surface area contributed by atoms with Crippen molar-refractivity contribution in [2.75, 3.05) is 33.4 Å². The number of rotatable bonds is 7. The zero-order valence-electron chi connectivity index (χ0n) is 12.0. The molecule has 0 aliphatic carbocycles. The lowest BCUT2D eigenvalue weighted by Gasteiger charge is -2.34. The van der Waals surface area contributed by atoms with E-state index in [-0.39, 0.29) is 0 Å². The van der Waals surface area contributed by atoms with Crippen LogP contribution in [-0.2, 0) is 4.74 Å². The van der Waals surface area contributed by atoms with Crippen LogP contribution in [0.5, 0.6) is 0 Å². The summed E-state index contributed by atoms with van der Waals surface area (Å²) in [5, 5.41) is 3.58. The summed E-state index contributed by atoms with van der Waals surface area (Å²) in [5.74, 6) is 0.828. The number of hydrogen-bond donors (Lipinski definition) is 1. The van der Waals surface area contributed by atoms with E-state index in [0.717, 1.165) is 25.7 Å². The fraction of sp³-hybridized carbons (Fsp3) is 1.00. The van der Waals surface area contributed by atoms with Gasteiger partial charge in [-0.2, -0.15) is 0 Å². The fourth-order valence-corrected chi connectivity index (χ4v) is 2.43. The highest BCUT2D eigenvalue weighted by Crippen LogP contribution is 2.17. The van der Waals surface area contributed by atoms with Gasteiger partial charge in [-0.05, 0) is 52.6 Å². The van der Waals surface area contributed by atoms with Crippen LogP contribution in [0.2, 0.25) is 0 Å². The van der Waals surface area contributed by atoms with Gasteiger partial charge < -0.3 is 15.0 Å². The first-order valence-corrected chi connectivity index (χ1v) is 7.16. The summed E-state index contributed by atoms with van der Waals surface area (Å²) >= 11 is 0. The highest BCUT2D eigenvalue weighted by atomic mass is 16.5. The molecule has 0 spiro atoms. The van der Waals surface area contributed by atoms with E-state index in [9.17, 15) is 0 Å². The van der Waals surface area contributed by atoms with Gasteiger partial charge in [0.05, 0.1) is 0 Å². The third-order valence-electron chi connectivity index (χ3n) is 4.02. The molecule has 1 heterocycles. The summed E-state index contributed by atoms with van der Waals surface area (Å²) in [4.78, 5) is 2.50. The minimum absolute atomic E-state index is 0.569. The molecule has 0 aromatic carbocycles. The van der Waals surface area contributed by atoms with Gasteiger partial charge in [0, 0.05) is 31.8 Å². The van der Waals surface area contributed by atoms with E-state index in [1.165, 1.54) is 25.8 Å². The number of nitrogens with zero attached hydrogens (tertiary/aromatic N) is 1. The van der Waals surface area contributed by atoms with E-state index < -0.39 is 0 Å². The van der Waals surface area contributed by atoms with Gasteiger partial charge in [0.15, 0.2) is 0 Å². The molecule has 1 N–H and O–H groups in total. The number of hydrogen-bond acceptors (Lipinski definition) is 3. The van der Waals surface area contributed by atoms with Crippen molar-refractivity contribution in [3.8, 4) is 0 Å². The molecule has 102 valence electrons. The molecule has 0 amide bonds. The Bertz CT molecular complexity index is 193. The second-order valence-electron chi connectivity index (χ2n) is 5.48. The van der Waals surface area contributed by atoms with Crippen molar-refractivity contribution in [3.05, 3.63) is 0 Å². The maximum Gasteiger partial charge on any atom is 0.0469 e. The second kappa shape index (κ2) is 8.06. The van der Waals surface area contributed by atoms with Crippen molar-refractivity contribution < 1.29 is 4.74 Å². The average molecular weight is 242 g/mol. The number of nitrogens with one attached hydrogen (secondary N) is 1. The standard InChI is InChI=1S/C14H30N2O/c1-5-8-15-12(2)13(3)16(4)11-14-6-9-17-10-7-14/h12-15H,5-11H2,1-4H3. The molecule has 2 unspecified atom stereocenters. The van der Waals surface area contributed by atoms with Crippen LogP contribution in [0, 0.1) is 5.92 Å². The molecule has 2 atom stereocenters. The average Bonchev–Trinajstić information content (AvgIpc) is 2.36. The quantitative estimate of drug-likeness (QED) is 0.740. The van der Waals surface area contributed by atoms with E-state index in [1.54, 1.807) is 0 Å². The zero-order chi connectivity index (χ0) is 12.7. The highest BCUT2D eigenvalue weighted by Gasteiger charge is 2.21. The molecular formula is C14H30N2O. The van der Waals surface area contributed by atoms with Gasteiger partial charge in [-0.25, -0.2) is 0 Å². The SMILES string of the molecule is CCCNC(C)C(C)N(C)CC1CCOCC1. The van der Waals surface area contributed by atoms with Gasteiger partial charge in [-0.15, -0.1) is 0 Å². The summed E-state index contributed by atoms with van der Waals surface area (Å²) < 4.78 is 5.41. The largest absolute Gasteiger partial charge is 0.381 e. The Morgan fingerprint density at radius 3 is 2.53 bits per heavy atom. The van der Waals surface area contributed by atoms with E-state index in [1.807, 2.05) is 0 Å². The smallest absolute Gasteiger partial charge is 0.0469 e. The first kappa shape index (κ1) is 14.9. The van der Waals surface area contributed by atoms with E-state index >= 15 is 0 Å². The Kier molecular flexibility index (Phi) is 7.09. The Morgan fingerprint density at radius 1 is 1.29 bits per heavy atom. The molecule has 3 heteroatoms. The van der Waals surface area contributed by atoms with Crippen molar-refractivity contribution >= 4 is 0 Å². The molecule has 0 aromatic rings. The Morgan fingerprint density at radius 2 is 1.94 bits per heavy atom. The minimum atomic E-state index is 0.569. The first-order valence-electron chi connectivity index (χ1n) is 7.16. The maximum absolute atomic E-state index is 5.41. The zero-order valence-corrected chi connectivity index (χ0v) is 12.0. The predicted molar refractivity (Wildman–Crippen MR) is 73.4 cm³/mol. The van der Waals surface area contributed by atoms with Crippen molar-refractivity contribution in [2.24, 2.45) is 5.92 Å². The Balaban J connectivity index is 2.26. The van der Waals surface area contributed by atoms with Gasteiger partial charge in [-0.1, -0.05) is 6.92 Å². The lowest BCUT2D eigenvalue weighted by atomic mass is 9.98. The van der Waals surface area contributed by atoms with Crippen LogP contribution in [0.1, 0.15) is 40.0 Å². The van der Waals surface area contributed by atoms with Gasteiger partial charge in [0.2, 0.25) is 0 Å². The summed E-state index contributed by atoms with van der Waals surface area (Å²) in [6.07, 6.45) is 3.67. The molecule has 0 saturated carbocycles. The highest BCUT2D eigenvalue weighted by molar-refractivity contribution is 4.78. The van der Waals surface area contributed by atoms with Gasteiger partial charge >= 0.3 is 0 Å². The van der Waals surface area contributed by atoms with Crippen molar-refractivity contribution in [1.29, 1.82) is 0 Å². The van der Waals surface area contributed by atoms with Crippen molar-refractivity contribution in [2.45, 2.75) is 52.1 Å². The summed E-state index contributed by atoms with van der Waals surface area (Å²) in [5.41, 5.74) is 0. The summed E-state index contributed by atoms with van der Waals surface area (Å²) in [7, 11) is 2.25. The molecule has 1 aliphatic rings. The molecule has 0 aromatic heterocycles. The fourth-order valence-electron chi connectivity index (χ4n) is 2.43. The predicted octanol–water partition coefficient (Wildman–Crippen LogP) is 2.12. The van der Waals surface area contributed by atoms with Crippen LogP contribution in [0.3, 0.4) is 0 Å². The molecule has 1 fully saturated rings. The summed E-state index contributed by atoms with van der Waals surface area (Å²) in [6, 6.07) is 1.17. The van der Waals surface area contributed by atoms with Crippen LogP contribution in [0.4, 0.5) is 0 Å². The third kappa shape index (κ3) is 5.36. The topological polar surface area (TPSA) is 24.5 Å². The molecule has 0 bridgehead atoms. The van der Waals surface area contributed by atoms with Gasteiger partial charge in [0.1, 0.15) is 0 Å². The van der Waals surface area contributed by atoms with E-state index in [0.29, 0.717) is 12.1 Å².